The van der Waals surface area contributed by atoms with E-state index in [1.165, 1.54) is 17.0 Å². The molecule has 0 aliphatic rings. The minimum absolute atomic E-state index is 0.0640. The number of ether oxygens (including phenoxy) is 1. The third kappa shape index (κ3) is 5.69. The van der Waals surface area contributed by atoms with E-state index >= 15 is 0 Å². The molecule has 0 fully saturated rings. The van der Waals surface area contributed by atoms with Gasteiger partial charge >= 0.3 is 5.97 Å². The highest BCUT2D eigenvalue weighted by Gasteiger charge is 2.36. The van der Waals surface area contributed by atoms with Gasteiger partial charge in [-0.25, -0.2) is 4.79 Å². The zero-order valence-corrected chi connectivity index (χ0v) is 20.3. The third-order valence-electron chi connectivity index (χ3n) is 5.07. The van der Waals surface area contributed by atoms with Crippen molar-refractivity contribution in [2.24, 2.45) is 0 Å². The molecule has 1 unspecified atom stereocenters. The van der Waals surface area contributed by atoms with E-state index in [-0.39, 0.29) is 24.6 Å². The van der Waals surface area contributed by atoms with Crippen molar-refractivity contribution in [2.75, 3.05) is 6.61 Å². The number of esters is 1. The van der Waals surface area contributed by atoms with Crippen LogP contribution in [0.1, 0.15) is 55.4 Å². The molecule has 9 heteroatoms. The SMILES string of the molecule is CCOC(=O)c1[nH]c2cc(Cl)ccc2c1C(C(=O)NC(C)(C)C)N(C=O)Cc1ccc(O)cc1. The van der Waals surface area contributed by atoms with Gasteiger partial charge in [-0.05, 0) is 57.5 Å². The van der Waals surface area contributed by atoms with Crippen molar-refractivity contribution in [3.05, 3.63) is 64.3 Å². The maximum absolute atomic E-state index is 13.6. The second-order valence-electron chi connectivity index (χ2n) is 8.91. The normalized spacial score (nSPS) is 12.3. The number of phenolic OH excluding ortho intramolecular Hbond substituents is 1. The van der Waals surface area contributed by atoms with Gasteiger partial charge in [0.25, 0.3) is 0 Å². The summed E-state index contributed by atoms with van der Waals surface area (Å²) in [6.45, 7) is 7.37. The van der Waals surface area contributed by atoms with Crippen molar-refractivity contribution < 1.29 is 24.2 Å². The summed E-state index contributed by atoms with van der Waals surface area (Å²) in [7, 11) is 0. The van der Waals surface area contributed by atoms with Crippen molar-refractivity contribution in [3.63, 3.8) is 0 Å². The molecule has 0 aliphatic carbocycles. The number of phenols is 1. The van der Waals surface area contributed by atoms with Crippen molar-refractivity contribution in [1.29, 1.82) is 0 Å². The van der Waals surface area contributed by atoms with E-state index in [1.807, 2.05) is 20.8 Å². The van der Waals surface area contributed by atoms with Gasteiger partial charge in [-0.15, -0.1) is 0 Å². The van der Waals surface area contributed by atoms with Gasteiger partial charge in [0, 0.05) is 33.6 Å². The lowest BCUT2D eigenvalue weighted by Gasteiger charge is -2.31. The van der Waals surface area contributed by atoms with Crippen LogP contribution in [0.3, 0.4) is 0 Å². The fourth-order valence-corrected chi connectivity index (χ4v) is 3.90. The Bertz CT molecular complexity index is 1200. The first kappa shape index (κ1) is 25.1. The number of aromatic nitrogens is 1. The highest BCUT2D eigenvalue weighted by Crippen LogP contribution is 2.34. The number of rotatable bonds is 8. The summed E-state index contributed by atoms with van der Waals surface area (Å²) in [5.41, 5.74) is 1.03. The highest BCUT2D eigenvalue weighted by atomic mass is 35.5. The molecule has 2 aromatic carbocycles. The Morgan fingerprint density at radius 3 is 2.47 bits per heavy atom. The molecule has 0 spiro atoms. The molecule has 0 saturated carbocycles. The minimum Gasteiger partial charge on any atom is -0.508 e. The molecule has 0 bridgehead atoms. The number of amides is 2. The number of aromatic hydroxyl groups is 1. The van der Waals surface area contributed by atoms with Gasteiger partial charge in [0.1, 0.15) is 17.5 Å². The third-order valence-corrected chi connectivity index (χ3v) is 5.30. The van der Waals surface area contributed by atoms with Crippen LogP contribution in [0.15, 0.2) is 42.5 Å². The van der Waals surface area contributed by atoms with Crippen molar-refractivity contribution in [1.82, 2.24) is 15.2 Å². The number of nitrogens with one attached hydrogen (secondary N) is 2. The Hall–Kier alpha value is -3.52. The zero-order valence-electron chi connectivity index (χ0n) is 19.5. The number of halogens is 1. The van der Waals surface area contributed by atoms with E-state index in [0.717, 1.165) is 0 Å². The van der Waals surface area contributed by atoms with Crippen LogP contribution in [0.25, 0.3) is 10.9 Å². The number of fused-ring (bicyclic) bond motifs is 1. The Morgan fingerprint density at radius 2 is 1.88 bits per heavy atom. The Labute approximate surface area is 202 Å². The molecule has 1 heterocycles. The topological polar surface area (TPSA) is 112 Å². The van der Waals surface area contributed by atoms with Gasteiger partial charge in [0.05, 0.1) is 6.61 Å². The maximum atomic E-state index is 13.6. The van der Waals surface area contributed by atoms with Crippen LogP contribution in [0.2, 0.25) is 5.02 Å². The van der Waals surface area contributed by atoms with E-state index < -0.39 is 23.5 Å². The average Bonchev–Trinajstić information content (AvgIpc) is 3.12. The number of hydrogen-bond acceptors (Lipinski definition) is 5. The lowest BCUT2D eigenvalue weighted by Crippen LogP contribution is -2.47. The summed E-state index contributed by atoms with van der Waals surface area (Å²) in [6, 6.07) is 10.2. The van der Waals surface area contributed by atoms with Gasteiger partial charge in [-0.1, -0.05) is 29.8 Å². The predicted molar refractivity (Wildman–Crippen MR) is 130 cm³/mol. The lowest BCUT2D eigenvalue weighted by molar-refractivity contribution is -0.134. The van der Waals surface area contributed by atoms with Crippen LogP contribution < -0.4 is 5.32 Å². The molecule has 3 rings (SSSR count). The number of benzene rings is 2. The van der Waals surface area contributed by atoms with Crippen molar-refractivity contribution in [2.45, 2.75) is 45.8 Å². The van der Waals surface area contributed by atoms with Crippen LogP contribution in [0.5, 0.6) is 5.75 Å². The number of H-pyrrole nitrogens is 1. The van der Waals surface area contributed by atoms with Crippen molar-refractivity contribution in [3.8, 4) is 5.75 Å². The Kier molecular flexibility index (Phi) is 7.51. The average molecular weight is 486 g/mol. The summed E-state index contributed by atoms with van der Waals surface area (Å²) in [4.78, 5) is 43.2. The highest BCUT2D eigenvalue weighted by molar-refractivity contribution is 6.31. The predicted octanol–water partition coefficient (Wildman–Crippen LogP) is 4.32. The first-order valence-electron chi connectivity index (χ1n) is 10.8. The molecule has 0 saturated heterocycles. The smallest absolute Gasteiger partial charge is 0.355 e. The molecular formula is C25H28ClN3O5. The van der Waals surface area contributed by atoms with E-state index in [0.29, 0.717) is 33.5 Å². The van der Waals surface area contributed by atoms with Gasteiger partial charge in [-0.3, -0.25) is 9.59 Å². The van der Waals surface area contributed by atoms with Crippen LogP contribution in [0, 0.1) is 0 Å². The van der Waals surface area contributed by atoms with Crippen LogP contribution in [0.4, 0.5) is 0 Å². The molecule has 180 valence electrons. The van der Waals surface area contributed by atoms with Crippen LogP contribution >= 0.6 is 11.6 Å². The van der Waals surface area contributed by atoms with Crippen LogP contribution in [-0.4, -0.2) is 45.4 Å². The number of hydrogen-bond donors (Lipinski definition) is 3. The largest absolute Gasteiger partial charge is 0.508 e. The zero-order chi connectivity index (χ0) is 25.0. The second-order valence-corrected chi connectivity index (χ2v) is 9.35. The van der Waals surface area contributed by atoms with E-state index in [1.54, 1.807) is 37.3 Å². The Morgan fingerprint density at radius 1 is 1.21 bits per heavy atom. The number of aromatic amines is 1. The van der Waals surface area contributed by atoms with E-state index in [9.17, 15) is 19.5 Å². The first-order valence-corrected chi connectivity index (χ1v) is 11.2. The van der Waals surface area contributed by atoms with Gasteiger partial charge in [0.15, 0.2) is 0 Å². The molecule has 1 atom stereocenters. The fraction of sp³-hybridized carbons (Fsp3) is 0.320. The fourth-order valence-electron chi connectivity index (χ4n) is 3.73. The van der Waals surface area contributed by atoms with Gasteiger partial charge in [-0.2, -0.15) is 0 Å². The van der Waals surface area contributed by atoms with Gasteiger partial charge in [0.2, 0.25) is 12.3 Å². The molecule has 2 amide bonds. The number of carbonyl (C=O) groups is 3. The van der Waals surface area contributed by atoms with E-state index in [4.69, 9.17) is 16.3 Å². The quantitative estimate of drug-likeness (QED) is 0.325. The summed E-state index contributed by atoms with van der Waals surface area (Å²) in [5.74, 6) is -1.02. The summed E-state index contributed by atoms with van der Waals surface area (Å²) >= 11 is 6.16. The number of carbonyl (C=O) groups excluding carboxylic acids is 3. The molecule has 1 aromatic heterocycles. The van der Waals surface area contributed by atoms with Gasteiger partial charge < -0.3 is 25.0 Å². The molecule has 3 aromatic rings. The molecular weight excluding hydrogens is 458 g/mol. The molecule has 0 radical (unpaired) electrons. The molecule has 0 aliphatic heterocycles. The summed E-state index contributed by atoms with van der Waals surface area (Å²) in [5, 5.41) is 13.5. The monoisotopic (exact) mass is 485 g/mol. The Balaban J connectivity index is 2.21. The standard InChI is InChI=1S/C25H28ClN3O5/c1-5-34-24(33)21-20(18-11-8-16(26)12-19(18)27-21)22(23(32)28-25(2,3)4)29(14-30)13-15-6-9-17(31)10-7-15/h6-12,14,22,27,31H,5,13H2,1-4H3,(H,28,32). The summed E-state index contributed by atoms with van der Waals surface area (Å²) in [6.07, 6.45) is 0.573. The van der Waals surface area contributed by atoms with Crippen LogP contribution in [-0.2, 0) is 20.9 Å². The molecule has 8 nitrogen and oxygen atoms in total. The maximum Gasteiger partial charge on any atom is 0.355 e. The molecule has 34 heavy (non-hydrogen) atoms. The second kappa shape index (κ2) is 10.2. The minimum atomic E-state index is -1.15. The lowest BCUT2D eigenvalue weighted by atomic mass is 9.98. The number of nitrogens with zero attached hydrogens (tertiary/aromatic N) is 1. The molecule has 3 N–H and O–H groups in total. The van der Waals surface area contributed by atoms with E-state index in [2.05, 4.69) is 10.3 Å². The first-order chi connectivity index (χ1) is 16.0. The van der Waals surface area contributed by atoms with Crippen molar-refractivity contribution >= 4 is 40.8 Å². The summed E-state index contributed by atoms with van der Waals surface area (Å²) < 4.78 is 5.23.